The number of ether oxygens (including phenoxy) is 1. The molecule has 0 saturated carbocycles. The summed E-state index contributed by atoms with van der Waals surface area (Å²) in [5, 5.41) is 7.57. The molecule has 5 nitrogen and oxygen atoms in total. The Morgan fingerprint density at radius 3 is 3.14 bits per heavy atom. The van der Waals surface area contributed by atoms with E-state index in [1.807, 2.05) is 24.3 Å². The molecular formula is C16H21N3O2. The molecule has 1 aliphatic heterocycles. The third-order valence-electron chi connectivity index (χ3n) is 4.16. The number of rotatable bonds is 4. The van der Waals surface area contributed by atoms with Crippen LogP contribution in [-0.2, 0) is 0 Å². The monoisotopic (exact) mass is 287 g/mol. The third kappa shape index (κ3) is 3.08. The average Bonchev–Trinajstić information content (AvgIpc) is 3.05. The SMILES string of the molecule is CCC1CCNC(c2nc(-c3cccc(OC)c3)no2)C1. The number of aromatic nitrogens is 2. The van der Waals surface area contributed by atoms with Crippen LogP contribution in [-0.4, -0.2) is 23.8 Å². The minimum atomic E-state index is 0.176. The van der Waals surface area contributed by atoms with Gasteiger partial charge in [-0.25, -0.2) is 0 Å². The highest BCUT2D eigenvalue weighted by molar-refractivity contribution is 5.56. The summed E-state index contributed by atoms with van der Waals surface area (Å²) in [5.41, 5.74) is 0.909. The fourth-order valence-corrected chi connectivity index (χ4v) is 2.81. The smallest absolute Gasteiger partial charge is 0.244 e. The zero-order chi connectivity index (χ0) is 14.7. The first-order valence-electron chi connectivity index (χ1n) is 7.51. The summed E-state index contributed by atoms with van der Waals surface area (Å²) in [6.45, 7) is 3.25. The molecule has 2 heterocycles. The zero-order valence-corrected chi connectivity index (χ0v) is 12.5. The molecule has 0 aliphatic carbocycles. The van der Waals surface area contributed by atoms with Crippen LogP contribution in [0.25, 0.3) is 11.4 Å². The second-order valence-electron chi connectivity index (χ2n) is 5.49. The Labute approximate surface area is 124 Å². The fourth-order valence-electron chi connectivity index (χ4n) is 2.81. The number of nitrogens with one attached hydrogen (secondary N) is 1. The normalized spacial score (nSPS) is 22.2. The molecule has 1 saturated heterocycles. The van der Waals surface area contributed by atoms with Gasteiger partial charge in [0.15, 0.2) is 0 Å². The van der Waals surface area contributed by atoms with Crippen molar-refractivity contribution in [1.29, 1.82) is 0 Å². The Kier molecular flexibility index (Phi) is 4.20. The molecule has 2 atom stereocenters. The van der Waals surface area contributed by atoms with Crippen LogP contribution in [0.5, 0.6) is 5.75 Å². The molecule has 0 spiro atoms. The summed E-state index contributed by atoms with van der Waals surface area (Å²) in [4.78, 5) is 4.55. The molecule has 1 N–H and O–H groups in total. The lowest BCUT2D eigenvalue weighted by atomic mass is 9.90. The molecule has 2 unspecified atom stereocenters. The Balaban J connectivity index is 1.79. The lowest BCUT2D eigenvalue weighted by Crippen LogP contribution is -2.31. The van der Waals surface area contributed by atoms with Crippen molar-refractivity contribution in [2.75, 3.05) is 13.7 Å². The van der Waals surface area contributed by atoms with Crippen LogP contribution in [0.2, 0.25) is 0 Å². The lowest BCUT2D eigenvalue weighted by Gasteiger charge is -2.27. The van der Waals surface area contributed by atoms with Gasteiger partial charge in [-0.1, -0.05) is 30.6 Å². The summed E-state index contributed by atoms with van der Waals surface area (Å²) in [5.74, 6) is 2.83. The maximum atomic E-state index is 5.46. The summed E-state index contributed by atoms with van der Waals surface area (Å²) in [6.07, 6.45) is 3.50. The quantitative estimate of drug-likeness (QED) is 0.935. The van der Waals surface area contributed by atoms with E-state index in [1.54, 1.807) is 7.11 Å². The van der Waals surface area contributed by atoms with Crippen LogP contribution >= 0.6 is 0 Å². The number of hydrogen-bond donors (Lipinski definition) is 1. The number of benzene rings is 1. The van der Waals surface area contributed by atoms with Gasteiger partial charge in [-0.05, 0) is 37.4 Å². The first kappa shape index (κ1) is 14.1. The number of nitrogens with zero attached hydrogens (tertiary/aromatic N) is 2. The van der Waals surface area contributed by atoms with Crippen LogP contribution in [0.4, 0.5) is 0 Å². The molecule has 1 fully saturated rings. The fraction of sp³-hybridized carbons (Fsp3) is 0.500. The van der Waals surface area contributed by atoms with Crippen LogP contribution in [0, 0.1) is 5.92 Å². The van der Waals surface area contributed by atoms with Crippen LogP contribution in [0.1, 0.15) is 38.1 Å². The Morgan fingerprint density at radius 2 is 2.33 bits per heavy atom. The minimum Gasteiger partial charge on any atom is -0.497 e. The van der Waals surface area contributed by atoms with Gasteiger partial charge in [-0.15, -0.1) is 0 Å². The highest BCUT2D eigenvalue weighted by Crippen LogP contribution is 2.29. The van der Waals surface area contributed by atoms with E-state index in [1.165, 1.54) is 12.8 Å². The Morgan fingerprint density at radius 1 is 1.43 bits per heavy atom. The zero-order valence-electron chi connectivity index (χ0n) is 12.5. The Hall–Kier alpha value is -1.88. The van der Waals surface area contributed by atoms with Crippen LogP contribution in [0.15, 0.2) is 28.8 Å². The standard InChI is InChI=1S/C16H21N3O2/c1-3-11-7-8-17-14(9-11)16-18-15(19-21-16)12-5-4-6-13(10-12)20-2/h4-6,10-11,14,17H,3,7-9H2,1-2H3. The summed E-state index contributed by atoms with van der Waals surface area (Å²) < 4.78 is 10.7. The second-order valence-corrected chi connectivity index (χ2v) is 5.49. The Bertz CT molecular complexity index is 597. The van der Waals surface area contributed by atoms with E-state index in [4.69, 9.17) is 9.26 Å². The first-order valence-corrected chi connectivity index (χ1v) is 7.51. The van der Waals surface area contributed by atoms with E-state index >= 15 is 0 Å². The van der Waals surface area contributed by atoms with Crippen molar-refractivity contribution in [2.24, 2.45) is 5.92 Å². The molecular weight excluding hydrogens is 266 g/mol. The van der Waals surface area contributed by atoms with E-state index < -0.39 is 0 Å². The molecule has 5 heteroatoms. The van der Waals surface area contributed by atoms with Crippen molar-refractivity contribution in [1.82, 2.24) is 15.5 Å². The molecule has 1 aromatic heterocycles. The summed E-state index contributed by atoms with van der Waals surface area (Å²) in [6, 6.07) is 7.88. The maximum Gasteiger partial charge on any atom is 0.244 e. The van der Waals surface area contributed by atoms with Crippen molar-refractivity contribution >= 4 is 0 Å². The van der Waals surface area contributed by atoms with E-state index in [9.17, 15) is 0 Å². The van der Waals surface area contributed by atoms with Crippen molar-refractivity contribution in [3.05, 3.63) is 30.2 Å². The minimum absolute atomic E-state index is 0.176. The van der Waals surface area contributed by atoms with E-state index in [0.717, 1.165) is 30.2 Å². The van der Waals surface area contributed by atoms with Gasteiger partial charge in [0.1, 0.15) is 5.75 Å². The maximum absolute atomic E-state index is 5.46. The summed E-state index contributed by atoms with van der Waals surface area (Å²) in [7, 11) is 1.65. The predicted octanol–water partition coefficient (Wildman–Crippen LogP) is 3.20. The van der Waals surface area contributed by atoms with Gasteiger partial charge in [0.05, 0.1) is 13.2 Å². The molecule has 3 rings (SSSR count). The van der Waals surface area contributed by atoms with Crippen molar-refractivity contribution in [3.63, 3.8) is 0 Å². The highest BCUT2D eigenvalue weighted by Gasteiger charge is 2.26. The average molecular weight is 287 g/mol. The molecule has 112 valence electrons. The van der Waals surface area contributed by atoms with Gasteiger partial charge in [-0.2, -0.15) is 4.98 Å². The van der Waals surface area contributed by atoms with Gasteiger partial charge in [0.25, 0.3) is 0 Å². The molecule has 0 bridgehead atoms. The lowest BCUT2D eigenvalue weighted by molar-refractivity contribution is 0.246. The largest absolute Gasteiger partial charge is 0.497 e. The van der Waals surface area contributed by atoms with Crippen LogP contribution < -0.4 is 10.1 Å². The molecule has 1 aromatic carbocycles. The topological polar surface area (TPSA) is 60.2 Å². The van der Waals surface area contributed by atoms with Gasteiger partial charge in [0, 0.05) is 5.56 Å². The molecule has 21 heavy (non-hydrogen) atoms. The van der Waals surface area contributed by atoms with E-state index in [-0.39, 0.29) is 6.04 Å². The van der Waals surface area contributed by atoms with E-state index in [0.29, 0.717) is 11.7 Å². The van der Waals surface area contributed by atoms with E-state index in [2.05, 4.69) is 22.4 Å². The number of piperidine rings is 1. The van der Waals surface area contributed by atoms with Crippen molar-refractivity contribution < 1.29 is 9.26 Å². The molecule has 2 aromatic rings. The van der Waals surface area contributed by atoms with Crippen molar-refractivity contribution in [3.8, 4) is 17.1 Å². The van der Waals surface area contributed by atoms with Gasteiger partial charge in [-0.3, -0.25) is 0 Å². The predicted molar refractivity (Wildman–Crippen MR) is 80.0 cm³/mol. The van der Waals surface area contributed by atoms with Gasteiger partial charge < -0.3 is 14.6 Å². The van der Waals surface area contributed by atoms with Gasteiger partial charge in [0.2, 0.25) is 11.7 Å². The third-order valence-corrected chi connectivity index (χ3v) is 4.16. The highest BCUT2D eigenvalue weighted by atomic mass is 16.5. The summed E-state index contributed by atoms with van der Waals surface area (Å²) >= 11 is 0. The molecule has 1 aliphatic rings. The number of methoxy groups -OCH3 is 1. The second kappa shape index (κ2) is 6.26. The molecule has 0 radical (unpaired) electrons. The van der Waals surface area contributed by atoms with Gasteiger partial charge >= 0.3 is 0 Å². The molecule has 0 amide bonds. The van der Waals surface area contributed by atoms with Crippen molar-refractivity contribution in [2.45, 2.75) is 32.2 Å². The number of hydrogen-bond acceptors (Lipinski definition) is 5. The first-order chi connectivity index (χ1) is 10.3. The van der Waals surface area contributed by atoms with Crippen LogP contribution in [0.3, 0.4) is 0 Å².